The Morgan fingerprint density at radius 1 is 1.07 bits per heavy atom. The van der Waals surface area contributed by atoms with Crippen molar-refractivity contribution in [1.82, 2.24) is 19.2 Å². The molecule has 8 heteroatoms. The summed E-state index contributed by atoms with van der Waals surface area (Å²) in [6.07, 6.45) is 2.35. The van der Waals surface area contributed by atoms with Gasteiger partial charge in [-0.15, -0.1) is 0 Å². The van der Waals surface area contributed by atoms with Crippen molar-refractivity contribution in [3.8, 4) is 5.69 Å². The van der Waals surface area contributed by atoms with Crippen LogP contribution in [0, 0.1) is 4.77 Å². The number of hydrogen-bond donors (Lipinski definition) is 0. The topological polar surface area (TPSA) is 60.1 Å². The highest BCUT2D eigenvalue weighted by Crippen LogP contribution is 2.21. The van der Waals surface area contributed by atoms with Gasteiger partial charge >= 0.3 is 0 Å². The average molecular weight is 415 g/mol. The van der Waals surface area contributed by atoms with E-state index in [1.54, 1.807) is 11.0 Å². The molecular formula is C20H22N4O2S2. The predicted molar refractivity (Wildman–Crippen MR) is 111 cm³/mol. The van der Waals surface area contributed by atoms with E-state index in [4.69, 9.17) is 12.2 Å². The third kappa shape index (κ3) is 4.24. The Morgan fingerprint density at radius 3 is 2.39 bits per heavy atom. The Bertz CT molecular complexity index is 1090. The number of nitrogens with zero attached hydrogens (tertiary/aromatic N) is 4. The number of hydrogen-bond acceptors (Lipinski definition) is 5. The molecule has 1 saturated heterocycles. The smallest absolute Gasteiger partial charge is 0.203 e. The second-order valence-corrected chi connectivity index (χ2v) is 9.64. The van der Waals surface area contributed by atoms with Gasteiger partial charge in [0.05, 0.1) is 18.2 Å². The fourth-order valence-electron chi connectivity index (χ4n) is 3.55. The van der Waals surface area contributed by atoms with Crippen molar-refractivity contribution in [2.75, 3.05) is 11.5 Å². The molecule has 28 heavy (non-hydrogen) atoms. The van der Waals surface area contributed by atoms with E-state index in [9.17, 15) is 8.42 Å². The van der Waals surface area contributed by atoms with Crippen LogP contribution in [0.5, 0.6) is 0 Å². The van der Waals surface area contributed by atoms with Crippen molar-refractivity contribution in [3.05, 3.63) is 77.3 Å². The number of rotatable bonds is 6. The molecule has 0 spiro atoms. The van der Waals surface area contributed by atoms with Crippen molar-refractivity contribution in [3.63, 3.8) is 0 Å². The maximum atomic E-state index is 12.0. The summed E-state index contributed by atoms with van der Waals surface area (Å²) in [7, 11) is -2.98. The molecule has 146 valence electrons. The normalized spacial score (nSPS) is 18.5. The minimum Gasteiger partial charge on any atom is -0.276 e. The monoisotopic (exact) mass is 414 g/mol. The van der Waals surface area contributed by atoms with Gasteiger partial charge in [0.25, 0.3) is 0 Å². The molecule has 0 unspecified atom stereocenters. The van der Waals surface area contributed by atoms with Crippen LogP contribution in [0.4, 0.5) is 0 Å². The summed E-state index contributed by atoms with van der Waals surface area (Å²) in [6.45, 7) is 1.11. The molecule has 1 aliphatic heterocycles. The van der Waals surface area contributed by atoms with Gasteiger partial charge < -0.3 is 0 Å². The van der Waals surface area contributed by atoms with Crippen molar-refractivity contribution < 1.29 is 8.42 Å². The molecule has 3 aromatic rings. The molecular weight excluding hydrogens is 392 g/mol. The summed E-state index contributed by atoms with van der Waals surface area (Å²) in [5, 5.41) is 4.47. The van der Waals surface area contributed by atoms with Crippen molar-refractivity contribution in [1.29, 1.82) is 0 Å². The van der Waals surface area contributed by atoms with Gasteiger partial charge in [-0.1, -0.05) is 48.5 Å². The van der Waals surface area contributed by atoms with Crippen LogP contribution in [0.3, 0.4) is 0 Å². The van der Waals surface area contributed by atoms with Crippen LogP contribution in [-0.4, -0.2) is 45.2 Å². The molecule has 0 N–H and O–H groups in total. The Morgan fingerprint density at radius 2 is 1.75 bits per heavy atom. The molecule has 2 aromatic carbocycles. The molecule has 0 radical (unpaired) electrons. The Balaban J connectivity index is 1.61. The van der Waals surface area contributed by atoms with E-state index in [-0.39, 0.29) is 17.5 Å². The van der Waals surface area contributed by atoms with Gasteiger partial charge in [-0.05, 0) is 36.3 Å². The van der Waals surface area contributed by atoms with E-state index < -0.39 is 9.84 Å². The third-order valence-electron chi connectivity index (χ3n) is 5.04. The fourth-order valence-corrected chi connectivity index (χ4v) is 5.57. The zero-order chi connectivity index (χ0) is 19.6. The first-order chi connectivity index (χ1) is 13.5. The molecule has 6 nitrogen and oxygen atoms in total. The number of sulfone groups is 1. The highest BCUT2D eigenvalue weighted by Gasteiger charge is 2.32. The van der Waals surface area contributed by atoms with Crippen LogP contribution in [0.2, 0.25) is 0 Å². The van der Waals surface area contributed by atoms with Gasteiger partial charge in [-0.3, -0.25) is 9.47 Å². The zero-order valence-corrected chi connectivity index (χ0v) is 17.0. The highest BCUT2D eigenvalue weighted by atomic mass is 32.2. The lowest BCUT2D eigenvalue weighted by molar-refractivity contribution is 0.146. The summed E-state index contributed by atoms with van der Waals surface area (Å²) >= 11 is 5.63. The Kier molecular flexibility index (Phi) is 5.43. The first-order valence-corrected chi connectivity index (χ1v) is 11.4. The number of para-hydroxylation sites is 1. The van der Waals surface area contributed by atoms with Gasteiger partial charge in [0.1, 0.15) is 6.33 Å². The third-order valence-corrected chi connectivity index (χ3v) is 7.19. The van der Waals surface area contributed by atoms with Gasteiger partial charge in [0.2, 0.25) is 4.77 Å². The van der Waals surface area contributed by atoms with E-state index in [0.717, 1.165) is 11.3 Å². The minimum absolute atomic E-state index is 0.0334. The van der Waals surface area contributed by atoms with Crippen LogP contribution in [0.15, 0.2) is 67.0 Å². The predicted octanol–water partition coefficient (Wildman–Crippen LogP) is 3.05. The summed E-state index contributed by atoms with van der Waals surface area (Å²) in [4.78, 5) is 2.16. The quantitative estimate of drug-likeness (QED) is 0.580. The van der Waals surface area contributed by atoms with Gasteiger partial charge in [-0.25, -0.2) is 13.1 Å². The van der Waals surface area contributed by atoms with E-state index >= 15 is 0 Å². The van der Waals surface area contributed by atoms with Crippen molar-refractivity contribution in [2.24, 2.45) is 0 Å². The summed E-state index contributed by atoms with van der Waals surface area (Å²) < 4.78 is 28.3. The zero-order valence-electron chi connectivity index (χ0n) is 15.4. The van der Waals surface area contributed by atoms with Crippen molar-refractivity contribution in [2.45, 2.75) is 25.7 Å². The minimum atomic E-state index is -2.98. The maximum absolute atomic E-state index is 12.0. The Labute approximate surface area is 170 Å². The molecule has 1 atom stereocenters. The molecule has 0 amide bonds. The molecule has 4 rings (SSSR count). The molecule has 0 saturated carbocycles. The largest absolute Gasteiger partial charge is 0.276 e. The molecule has 2 heterocycles. The van der Waals surface area contributed by atoms with E-state index in [0.29, 0.717) is 24.4 Å². The first kappa shape index (κ1) is 19.0. The standard InChI is InChI=1S/C20H22N4O2S2/c25-28(26)12-11-19(14-28)22(13-17-7-3-1-4-8-17)16-24-20(27)23(15-21-24)18-9-5-2-6-10-18/h1-10,15,19H,11-14,16H2/t19-/m0/s1. The van der Waals surface area contributed by atoms with E-state index in [1.807, 2.05) is 53.1 Å². The lowest BCUT2D eigenvalue weighted by Crippen LogP contribution is -2.37. The fraction of sp³-hybridized carbons (Fsp3) is 0.300. The summed E-state index contributed by atoms with van der Waals surface area (Å²) in [5.74, 6) is 0.430. The summed E-state index contributed by atoms with van der Waals surface area (Å²) in [5.41, 5.74) is 2.10. The second kappa shape index (κ2) is 7.98. The average Bonchev–Trinajstić information content (AvgIpc) is 3.25. The molecule has 1 aromatic heterocycles. The number of aromatic nitrogens is 3. The molecule has 0 aliphatic carbocycles. The highest BCUT2D eigenvalue weighted by molar-refractivity contribution is 7.91. The SMILES string of the molecule is O=S1(=O)CC[C@H](N(Cc2ccccc2)Cn2ncn(-c3ccccc3)c2=S)C1. The maximum Gasteiger partial charge on any atom is 0.203 e. The van der Waals surface area contributed by atoms with E-state index in [2.05, 4.69) is 22.1 Å². The Hall–Kier alpha value is -2.29. The van der Waals surface area contributed by atoms with Crippen molar-refractivity contribution >= 4 is 22.1 Å². The summed E-state index contributed by atoms with van der Waals surface area (Å²) in [6, 6.07) is 19.9. The number of benzene rings is 2. The lowest BCUT2D eigenvalue weighted by atomic mass is 10.1. The second-order valence-electron chi connectivity index (χ2n) is 7.05. The van der Waals surface area contributed by atoms with Crippen LogP contribution in [0.25, 0.3) is 5.69 Å². The van der Waals surface area contributed by atoms with Crippen LogP contribution in [-0.2, 0) is 23.1 Å². The van der Waals surface area contributed by atoms with Crippen LogP contribution < -0.4 is 0 Å². The van der Waals surface area contributed by atoms with Gasteiger partial charge in [0, 0.05) is 18.3 Å². The first-order valence-electron chi connectivity index (χ1n) is 9.20. The van der Waals surface area contributed by atoms with Crippen LogP contribution in [0.1, 0.15) is 12.0 Å². The van der Waals surface area contributed by atoms with Gasteiger partial charge in [-0.2, -0.15) is 5.10 Å². The molecule has 0 bridgehead atoms. The van der Waals surface area contributed by atoms with Gasteiger partial charge in [0.15, 0.2) is 9.84 Å². The van der Waals surface area contributed by atoms with Crippen LogP contribution >= 0.6 is 12.2 Å². The lowest BCUT2D eigenvalue weighted by Gasteiger charge is -2.27. The van der Waals surface area contributed by atoms with E-state index in [1.165, 1.54) is 0 Å². The molecule has 1 fully saturated rings. The molecule has 1 aliphatic rings.